The number of amides is 1. The van der Waals surface area contributed by atoms with E-state index < -0.39 is 24.2 Å². The zero-order valence-electron chi connectivity index (χ0n) is 18.1. The molecule has 0 saturated carbocycles. The molecule has 2 aromatic rings. The Morgan fingerprint density at radius 1 is 1.19 bits per heavy atom. The van der Waals surface area contributed by atoms with E-state index in [0.29, 0.717) is 19.4 Å². The van der Waals surface area contributed by atoms with Crippen LogP contribution in [-0.2, 0) is 4.79 Å². The van der Waals surface area contributed by atoms with Crippen molar-refractivity contribution >= 4 is 23.0 Å². The molecule has 0 aromatic heterocycles. The van der Waals surface area contributed by atoms with E-state index in [1.54, 1.807) is 6.92 Å². The van der Waals surface area contributed by atoms with Crippen LogP contribution < -0.4 is 15.1 Å². The molecule has 1 amide bonds. The lowest BCUT2D eigenvalue weighted by atomic mass is 9.88. The quantitative estimate of drug-likeness (QED) is 0.651. The van der Waals surface area contributed by atoms with Gasteiger partial charge in [-0.2, -0.15) is 18.1 Å². The Balaban J connectivity index is 1.79. The number of hydrogen-bond donors (Lipinski definition) is 1. The van der Waals surface area contributed by atoms with Gasteiger partial charge in [-0.05, 0) is 56.0 Å². The predicted octanol–water partition coefficient (Wildman–Crippen LogP) is 5.29. The van der Waals surface area contributed by atoms with Crippen molar-refractivity contribution in [1.29, 1.82) is 0 Å². The maximum atomic E-state index is 12.8. The van der Waals surface area contributed by atoms with Gasteiger partial charge in [0.25, 0.3) is 0 Å². The molecular weight excluding hydrogens is 421 g/mol. The average Bonchev–Trinajstić information content (AvgIpc) is 2.86. The van der Waals surface area contributed by atoms with Gasteiger partial charge in [0.05, 0.1) is 17.4 Å². The van der Waals surface area contributed by atoms with Gasteiger partial charge in [0, 0.05) is 30.9 Å². The fourth-order valence-corrected chi connectivity index (χ4v) is 4.82. The Hall–Kier alpha value is -3.10. The topological polar surface area (TPSA) is 65.0 Å². The van der Waals surface area contributed by atoms with Crippen molar-refractivity contribution < 1.29 is 18.0 Å². The van der Waals surface area contributed by atoms with Gasteiger partial charge >= 0.3 is 12.1 Å². The molecule has 32 heavy (non-hydrogen) atoms. The summed E-state index contributed by atoms with van der Waals surface area (Å²) in [6.07, 6.45) is -4.14. The van der Waals surface area contributed by atoms with E-state index in [-0.39, 0.29) is 6.04 Å². The van der Waals surface area contributed by atoms with Gasteiger partial charge in [-0.1, -0.05) is 23.4 Å². The first-order valence-electron chi connectivity index (χ1n) is 10.6. The highest BCUT2D eigenvalue weighted by atomic mass is 19.4. The van der Waals surface area contributed by atoms with Gasteiger partial charge < -0.3 is 15.1 Å². The first-order valence-corrected chi connectivity index (χ1v) is 10.6. The number of rotatable bonds is 3. The minimum Gasteiger partial charge on any atom is -0.363 e. The molecule has 3 atom stereocenters. The number of carbonyl (C=O) groups excluding carboxylic acids is 1. The number of anilines is 3. The minimum absolute atomic E-state index is 0.199. The second-order valence-corrected chi connectivity index (χ2v) is 8.50. The second kappa shape index (κ2) is 8.11. The molecular formula is C23H25F3N4O2. The summed E-state index contributed by atoms with van der Waals surface area (Å²) in [5.74, 6) is -1.90. The molecule has 0 bridgehead atoms. The number of alkyl halides is 3. The lowest BCUT2D eigenvalue weighted by Gasteiger charge is -2.41. The van der Waals surface area contributed by atoms with Crippen LogP contribution in [0.2, 0.25) is 0 Å². The number of nitrogens with one attached hydrogen (secondary N) is 1. The van der Waals surface area contributed by atoms with E-state index in [2.05, 4.69) is 20.3 Å². The van der Waals surface area contributed by atoms with E-state index in [9.17, 15) is 22.9 Å². The van der Waals surface area contributed by atoms with Crippen molar-refractivity contribution in [3.63, 3.8) is 0 Å². The number of nitrogens with zero attached hydrogens (tertiary/aromatic N) is 3. The van der Waals surface area contributed by atoms with Crippen LogP contribution in [-0.4, -0.2) is 31.7 Å². The summed E-state index contributed by atoms with van der Waals surface area (Å²) in [4.78, 5) is 26.9. The summed E-state index contributed by atoms with van der Waals surface area (Å²) in [6, 6.07) is 10.4. The fourth-order valence-electron chi connectivity index (χ4n) is 4.82. The number of aryl methyl sites for hydroxylation is 1. The largest absolute Gasteiger partial charge is 0.471 e. The first-order chi connectivity index (χ1) is 15.1. The van der Waals surface area contributed by atoms with Gasteiger partial charge in [0.1, 0.15) is 6.04 Å². The van der Waals surface area contributed by atoms with Gasteiger partial charge in [-0.25, -0.2) is 0 Å². The minimum atomic E-state index is -4.90. The highest BCUT2D eigenvalue weighted by Crippen LogP contribution is 2.49. The van der Waals surface area contributed by atoms with Crippen LogP contribution in [0.3, 0.4) is 0 Å². The number of nitroso groups, excluding NO2 is 1. The fraction of sp³-hybridized carbons (Fsp3) is 0.435. The number of benzene rings is 2. The van der Waals surface area contributed by atoms with Crippen molar-refractivity contribution in [2.45, 2.75) is 51.0 Å². The monoisotopic (exact) mass is 446 g/mol. The summed E-state index contributed by atoms with van der Waals surface area (Å²) in [5, 5.41) is 5.32. The zero-order chi connectivity index (χ0) is 23.2. The summed E-state index contributed by atoms with van der Waals surface area (Å²) in [5.41, 5.74) is 5.65. The summed E-state index contributed by atoms with van der Waals surface area (Å²) >= 11 is 0. The Morgan fingerprint density at radius 3 is 2.62 bits per heavy atom. The normalized spacial score (nSPS) is 21.1. The maximum absolute atomic E-state index is 12.8. The molecule has 9 heteroatoms. The number of hydrogen-bond acceptors (Lipinski definition) is 5. The second-order valence-electron chi connectivity index (χ2n) is 8.50. The first kappa shape index (κ1) is 22.1. The maximum Gasteiger partial charge on any atom is 0.471 e. The van der Waals surface area contributed by atoms with Crippen LogP contribution in [0.1, 0.15) is 48.5 Å². The molecule has 6 nitrogen and oxygen atoms in total. The van der Waals surface area contributed by atoms with Crippen LogP contribution in [0, 0.1) is 11.8 Å². The third-order valence-corrected chi connectivity index (χ3v) is 6.50. The molecule has 1 saturated heterocycles. The Kier molecular flexibility index (Phi) is 5.60. The molecule has 170 valence electrons. The highest BCUT2D eigenvalue weighted by Gasteiger charge is 2.42. The lowest BCUT2D eigenvalue weighted by Crippen LogP contribution is -2.49. The van der Waals surface area contributed by atoms with Crippen LogP contribution in [0.25, 0.3) is 0 Å². The summed E-state index contributed by atoms with van der Waals surface area (Å²) in [7, 11) is 1.95. The van der Waals surface area contributed by atoms with Crippen molar-refractivity contribution in [2.24, 2.45) is 5.18 Å². The van der Waals surface area contributed by atoms with Gasteiger partial charge in [0.2, 0.25) is 0 Å². The van der Waals surface area contributed by atoms with Crippen LogP contribution in [0.4, 0.5) is 30.2 Å². The number of piperidine rings is 1. The van der Waals surface area contributed by atoms with Crippen molar-refractivity contribution in [3.05, 3.63) is 58.0 Å². The molecule has 2 aliphatic heterocycles. The molecule has 2 heterocycles. The summed E-state index contributed by atoms with van der Waals surface area (Å²) < 4.78 is 38.5. The van der Waals surface area contributed by atoms with E-state index in [4.69, 9.17) is 0 Å². The molecule has 1 unspecified atom stereocenters. The molecule has 0 aliphatic carbocycles. The third-order valence-electron chi connectivity index (χ3n) is 6.50. The Morgan fingerprint density at radius 2 is 1.94 bits per heavy atom. The Labute approximate surface area is 184 Å². The molecule has 4 rings (SSSR count). The van der Waals surface area contributed by atoms with Crippen LogP contribution >= 0.6 is 0 Å². The van der Waals surface area contributed by atoms with E-state index in [0.717, 1.165) is 33.8 Å². The SMILES string of the molecule is Cc1cccc2c1[C@H]1C[C@H](NC(=O)C(F)(F)F)CCN1c1ccc(C(C)N=O)cc1N2C. The predicted molar refractivity (Wildman–Crippen MR) is 117 cm³/mol. The van der Waals surface area contributed by atoms with Gasteiger partial charge in [0.15, 0.2) is 0 Å². The smallest absolute Gasteiger partial charge is 0.363 e. The molecule has 2 aromatic carbocycles. The lowest BCUT2D eigenvalue weighted by molar-refractivity contribution is -0.174. The zero-order valence-corrected chi connectivity index (χ0v) is 18.1. The van der Waals surface area contributed by atoms with Crippen molar-refractivity contribution in [2.75, 3.05) is 23.4 Å². The Bertz CT molecular complexity index is 1060. The van der Waals surface area contributed by atoms with E-state index >= 15 is 0 Å². The highest BCUT2D eigenvalue weighted by molar-refractivity contribution is 5.84. The van der Waals surface area contributed by atoms with Gasteiger partial charge in [-0.15, -0.1) is 0 Å². The number of halogens is 3. The molecule has 1 N–H and O–H groups in total. The average molecular weight is 446 g/mol. The number of carbonyl (C=O) groups is 1. The van der Waals surface area contributed by atoms with Crippen LogP contribution in [0.15, 0.2) is 41.6 Å². The van der Waals surface area contributed by atoms with Crippen molar-refractivity contribution in [1.82, 2.24) is 5.32 Å². The number of fused-ring (bicyclic) bond motifs is 5. The van der Waals surface area contributed by atoms with Gasteiger partial charge in [-0.3, -0.25) is 4.79 Å². The van der Waals surface area contributed by atoms with E-state index in [1.807, 2.05) is 50.4 Å². The molecule has 0 spiro atoms. The third kappa shape index (κ3) is 3.80. The summed E-state index contributed by atoms with van der Waals surface area (Å²) in [6.45, 7) is 4.21. The molecule has 0 radical (unpaired) electrons. The molecule has 2 aliphatic rings. The molecule has 1 fully saturated rings. The standard InChI is InChI=1S/C23H25F3N4O2/c1-13-5-4-6-18-21(13)20-12-16(27-22(31)23(24,25)26)9-10-30(20)17-8-7-15(14(2)28-32)11-19(17)29(18)3/h4-8,11,14,16,20H,9-10,12H2,1-3H3,(H,27,31)/t14?,16-,20-/m1/s1. The van der Waals surface area contributed by atoms with E-state index in [1.165, 1.54) is 0 Å². The van der Waals surface area contributed by atoms with Crippen molar-refractivity contribution in [3.8, 4) is 0 Å². The van der Waals surface area contributed by atoms with Crippen LogP contribution in [0.5, 0.6) is 0 Å².